The van der Waals surface area contributed by atoms with E-state index in [0.717, 1.165) is 6.92 Å². The van der Waals surface area contributed by atoms with Crippen LogP contribution in [-0.2, 0) is 49.6 Å². The summed E-state index contributed by atoms with van der Waals surface area (Å²) in [5, 5.41) is 33.0. The van der Waals surface area contributed by atoms with Gasteiger partial charge in [0.15, 0.2) is 0 Å². The monoisotopic (exact) mass is 760 g/mol. The molecule has 0 bridgehead atoms. The largest absolute Gasteiger partial charge is 0.394 e. The molecule has 7 unspecified atom stereocenters. The van der Waals surface area contributed by atoms with E-state index in [1.165, 1.54) is 4.90 Å². The maximum atomic E-state index is 13.7. The highest BCUT2D eigenvalue weighted by molar-refractivity contribution is 5.96. The molecule has 1 aromatic carbocycles. The van der Waals surface area contributed by atoms with Gasteiger partial charge in [-0.3, -0.25) is 38.4 Å². The Labute approximate surface area is 312 Å². The molecule has 0 spiro atoms. The summed E-state index contributed by atoms with van der Waals surface area (Å²) in [6.45, 7) is 4.01. The van der Waals surface area contributed by atoms with E-state index < -0.39 is 115 Å². The van der Waals surface area contributed by atoms with Gasteiger partial charge in [0.2, 0.25) is 47.3 Å². The minimum absolute atomic E-state index is 0.0133. The zero-order valence-corrected chi connectivity index (χ0v) is 30.6. The van der Waals surface area contributed by atoms with Crippen LogP contribution in [0.5, 0.6) is 0 Å². The molecule has 8 amide bonds. The van der Waals surface area contributed by atoms with E-state index in [9.17, 15) is 53.4 Å². The van der Waals surface area contributed by atoms with Crippen molar-refractivity contribution in [1.82, 2.24) is 31.5 Å². The number of nitrogens with zero attached hydrogens (tertiary/aromatic N) is 1. The van der Waals surface area contributed by atoms with Crippen molar-refractivity contribution in [3.63, 3.8) is 0 Å². The number of primary amides is 2. The third-order valence-corrected chi connectivity index (χ3v) is 8.75. The molecule has 1 aliphatic rings. The number of aliphatic hydroxyl groups excluding tert-OH is 2. The molecule has 1 fully saturated rings. The highest BCUT2D eigenvalue weighted by Gasteiger charge is 2.38. The fraction of sp³-hybridized carbons (Fsp3) is 0.571. The number of hydrogen-bond donors (Lipinski definition) is 9. The molecule has 1 aliphatic heterocycles. The summed E-state index contributed by atoms with van der Waals surface area (Å²) in [6, 6.07) is 1.11. The quantitative estimate of drug-likeness (QED) is 0.0520. The van der Waals surface area contributed by atoms with Crippen molar-refractivity contribution in [3.05, 3.63) is 35.9 Å². The average Bonchev–Trinajstić information content (AvgIpc) is 3.61. The summed E-state index contributed by atoms with van der Waals surface area (Å²) < 4.78 is 0. The van der Waals surface area contributed by atoms with Crippen LogP contribution < -0.4 is 38.1 Å². The molecule has 298 valence electrons. The van der Waals surface area contributed by atoms with Crippen molar-refractivity contribution in [1.29, 1.82) is 0 Å². The highest BCUT2D eigenvalue weighted by atomic mass is 16.3. The Morgan fingerprint density at radius 1 is 0.852 bits per heavy atom. The SMILES string of the molecule is CC(=O)NC(CO)C(=O)NC(CCC(N)=O)C(=O)NC(CC(N)=O)C(=O)NC(Cc1ccccc1)C(O)CC(=O)N1CCCC1C(=O)NC(C=O)C(C)C. The summed E-state index contributed by atoms with van der Waals surface area (Å²) in [6.07, 6.45) is -2.13. The number of aldehydes is 1. The van der Waals surface area contributed by atoms with E-state index in [-0.39, 0.29) is 25.3 Å². The van der Waals surface area contributed by atoms with Crippen molar-refractivity contribution < 1.29 is 53.4 Å². The van der Waals surface area contributed by atoms with Gasteiger partial charge in [0.25, 0.3) is 0 Å². The number of nitrogens with two attached hydrogens (primary N) is 2. The number of nitrogens with one attached hydrogen (secondary N) is 5. The molecule has 7 atom stereocenters. The lowest BCUT2D eigenvalue weighted by Gasteiger charge is -2.30. The second-order valence-corrected chi connectivity index (χ2v) is 13.5. The van der Waals surface area contributed by atoms with Crippen LogP contribution in [0.25, 0.3) is 0 Å². The summed E-state index contributed by atoms with van der Waals surface area (Å²) in [5.41, 5.74) is 11.3. The second kappa shape index (κ2) is 21.9. The fourth-order valence-electron chi connectivity index (χ4n) is 5.78. The van der Waals surface area contributed by atoms with Gasteiger partial charge >= 0.3 is 0 Å². The van der Waals surface area contributed by atoms with Crippen molar-refractivity contribution in [3.8, 4) is 0 Å². The minimum Gasteiger partial charge on any atom is -0.394 e. The number of hydrogen-bond acceptors (Lipinski definition) is 11. The number of likely N-dealkylation sites (tertiary alicyclic amines) is 1. The molecule has 19 heteroatoms. The Bertz CT molecular complexity index is 1510. The first-order valence-corrected chi connectivity index (χ1v) is 17.6. The normalized spacial score (nSPS) is 17.1. The Balaban J connectivity index is 2.31. The van der Waals surface area contributed by atoms with Gasteiger partial charge in [0.05, 0.1) is 37.6 Å². The molecule has 19 nitrogen and oxygen atoms in total. The smallest absolute Gasteiger partial charge is 0.245 e. The van der Waals surface area contributed by atoms with E-state index >= 15 is 0 Å². The van der Waals surface area contributed by atoms with Gasteiger partial charge in [-0.15, -0.1) is 0 Å². The van der Waals surface area contributed by atoms with Gasteiger partial charge in [0, 0.05) is 19.9 Å². The number of benzene rings is 1. The molecule has 11 N–H and O–H groups in total. The number of aliphatic hydroxyl groups is 2. The van der Waals surface area contributed by atoms with Crippen molar-refractivity contribution in [2.75, 3.05) is 13.2 Å². The lowest BCUT2D eigenvalue weighted by atomic mass is 9.97. The molecule has 0 saturated carbocycles. The first-order chi connectivity index (χ1) is 25.5. The van der Waals surface area contributed by atoms with Gasteiger partial charge in [-0.05, 0) is 37.2 Å². The standard InChI is InChI=1S/C35H52N8O11/c1-19(2)25(17-44)42-35(54)27-10-7-13-43(27)31(50)16-28(47)23(14-21-8-5-4-6-9-21)40-33(52)24(15-30(37)49)41-32(51)22(11-12-29(36)48)39-34(53)26(18-45)38-20(3)46/h4-6,8-9,17,19,22-28,45,47H,7,10-16,18H2,1-3H3,(H2,36,48)(H2,37,49)(H,38,46)(H,39,53)(H,40,52)(H,41,51)(H,42,54). The summed E-state index contributed by atoms with van der Waals surface area (Å²) in [7, 11) is 0. The number of carbonyl (C=O) groups excluding carboxylic acids is 9. The van der Waals surface area contributed by atoms with E-state index in [4.69, 9.17) is 11.5 Å². The fourth-order valence-corrected chi connectivity index (χ4v) is 5.78. The van der Waals surface area contributed by atoms with E-state index in [1.807, 2.05) is 0 Å². The third kappa shape index (κ3) is 14.5. The number of amides is 8. The van der Waals surface area contributed by atoms with Crippen LogP contribution in [0.1, 0.15) is 64.9 Å². The minimum atomic E-state index is -1.67. The lowest BCUT2D eigenvalue weighted by Crippen LogP contribution is -2.59. The van der Waals surface area contributed by atoms with Crippen LogP contribution in [0.2, 0.25) is 0 Å². The van der Waals surface area contributed by atoms with Crippen molar-refractivity contribution in [2.24, 2.45) is 17.4 Å². The molecule has 1 aromatic rings. The highest BCUT2D eigenvalue weighted by Crippen LogP contribution is 2.21. The number of carbonyl (C=O) groups is 9. The molecule has 0 radical (unpaired) electrons. The maximum absolute atomic E-state index is 13.7. The topological polar surface area (TPSA) is 310 Å². The van der Waals surface area contributed by atoms with Crippen LogP contribution in [0, 0.1) is 5.92 Å². The lowest BCUT2D eigenvalue weighted by molar-refractivity contribution is -0.141. The first-order valence-electron chi connectivity index (χ1n) is 17.6. The Morgan fingerprint density at radius 2 is 1.46 bits per heavy atom. The first kappa shape index (κ1) is 44.7. The zero-order chi connectivity index (χ0) is 40.5. The van der Waals surface area contributed by atoms with Crippen molar-refractivity contribution >= 4 is 53.5 Å². The molecule has 0 aromatic heterocycles. The third-order valence-electron chi connectivity index (χ3n) is 8.75. The van der Waals surface area contributed by atoms with Gasteiger partial charge < -0.3 is 58.0 Å². The van der Waals surface area contributed by atoms with Gasteiger partial charge in [0.1, 0.15) is 30.5 Å². The second-order valence-electron chi connectivity index (χ2n) is 13.5. The summed E-state index contributed by atoms with van der Waals surface area (Å²) in [5.74, 6) is -6.81. The zero-order valence-electron chi connectivity index (χ0n) is 30.6. The molecular formula is C35H52N8O11. The van der Waals surface area contributed by atoms with Gasteiger partial charge in [-0.25, -0.2) is 0 Å². The van der Waals surface area contributed by atoms with Crippen molar-refractivity contribution in [2.45, 2.75) is 108 Å². The molecule has 0 aliphatic carbocycles. The Kier molecular flexibility index (Phi) is 18.2. The molecule has 1 heterocycles. The van der Waals surface area contributed by atoms with E-state index in [1.54, 1.807) is 44.2 Å². The van der Waals surface area contributed by atoms with Crippen LogP contribution in [0.15, 0.2) is 30.3 Å². The molecular weight excluding hydrogens is 708 g/mol. The van der Waals surface area contributed by atoms with Crippen LogP contribution in [0.3, 0.4) is 0 Å². The van der Waals surface area contributed by atoms with E-state index in [0.29, 0.717) is 24.7 Å². The molecule has 1 saturated heterocycles. The predicted molar refractivity (Wildman–Crippen MR) is 191 cm³/mol. The predicted octanol–water partition coefficient (Wildman–Crippen LogP) is -3.60. The van der Waals surface area contributed by atoms with Crippen LogP contribution in [0.4, 0.5) is 0 Å². The average molecular weight is 761 g/mol. The van der Waals surface area contributed by atoms with Crippen LogP contribution in [-0.4, -0.2) is 124 Å². The number of rotatable bonds is 22. The van der Waals surface area contributed by atoms with Gasteiger partial charge in [-0.1, -0.05) is 44.2 Å². The summed E-state index contributed by atoms with van der Waals surface area (Å²) in [4.78, 5) is 114. The summed E-state index contributed by atoms with van der Waals surface area (Å²) >= 11 is 0. The van der Waals surface area contributed by atoms with E-state index in [2.05, 4.69) is 26.6 Å². The maximum Gasteiger partial charge on any atom is 0.245 e. The van der Waals surface area contributed by atoms with Gasteiger partial charge in [-0.2, -0.15) is 0 Å². The Hall–Kier alpha value is -5.43. The molecule has 54 heavy (non-hydrogen) atoms. The molecule has 2 rings (SSSR count). The Morgan fingerprint density at radius 3 is 2.02 bits per heavy atom. The van der Waals surface area contributed by atoms with Crippen LogP contribution >= 0.6 is 0 Å².